The van der Waals surface area contributed by atoms with E-state index in [0.717, 1.165) is 0 Å². The molecule has 2 aromatic rings. The highest BCUT2D eigenvalue weighted by molar-refractivity contribution is 5.98. The number of phenolic OH excluding ortho intramolecular Hbond substituents is 1. The normalized spacial score (nSPS) is 13.8. The first-order valence-electron chi connectivity index (χ1n) is 26.8. The molecule has 458 valence electrons. The van der Waals surface area contributed by atoms with Crippen molar-refractivity contribution in [2.75, 3.05) is 13.1 Å². The minimum atomic E-state index is -1.70. The van der Waals surface area contributed by atoms with E-state index in [-0.39, 0.29) is 74.2 Å². The molecule has 0 aliphatic rings. The number of hydrogen-bond acceptors (Lipinski definition) is 16. The maximum atomic E-state index is 14.3. The number of ketones is 1. The zero-order valence-corrected chi connectivity index (χ0v) is 47.4. The number of nitrogens with zero attached hydrogens (tertiary/aromatic N) is 1. The number of primary amides is 3. The summed E-state index contributed by atoms with van der Waals surface area (Å²) in [6.07, 6.45) is -0.0672. The molecule has 1 aromatic heterocycles. The standard InChI is InChI=1S/C52H81N17O14/c1-26(2)20-37(29(6)70)67-45(77)28(5)62-47(79)33(8-7-19-59-52(56)57)63-43(75)24-60-46(78)39(22-31-23-58-25-61-31)69-50(82)36(15-18-42(55)74)65-48(80)35(14-17-41(54)73)66-51(83)38(21-30-9-11-32(71)12-10-30)68-49(81)34(13-16-40(53)72)64-44(76)27(3)4/h9-12,23,25-28,33-39,71H,7-8,13-22,24H2,1-6H3,(H2,53,72)(H2,54,73)(H2,55,74)(H,58,61)(H,60,78)(H,62,79)(H,63,75)(H,64,76)(H,65,80)(H,66,83)(H,67,77)(H,68,81)(H,69,82)(H4,56,57,59)/t28-,33-,34-,35-,36-,37-,38-,39-/m0/s1. The fourth-order valence-corrected chi connectivity index (χ4v) is 7.80. The molecule has 0 aliphatic heterocycles. The summed E-state index contributed by atoms with van der Waals surface area (Å²) in [6, 6.07) is -5.70. The van der Waals surface area contributed by atoms with Gasteiger partial charge < -0.3 is 86.2 Å². The maximum Gasteiger partial charge on any atom is 0.243 e. The van der Waals surface area contributed by atoms with E-state index in [1.54, 1.807) is 13.8 Å². The lowest BCUT2D eigenvalue weighted by molar-refractivity contribution is -0.136. The Hall–Kier alpha value is -9.19. The molecule has 2 rings (SSSR count). The number of rotatable bonds is 38. The van der Waals surface area contributed by atoms with Crippen molar-refractivity contribution in [2.45, 2.75) is 161 Å². The maximum absolute atomic E-state index is 14.3. The van der Waals surface area contributed by atoms with Crippen LogP contribution in [0.4, 0.5) is 0 Å². The monoisotopic (exact) mass is 1170 g/mol. The molecule has 0 radical (unpaired) electrons. The number of Topliss-reactive ketones (excluding diaryl/α,β-unsaturated/α-hetero) is 1. The van der Waals surface area contributed by atoms with Gasteiger partial charge in [0.1, 0.15) is 48.0 Å². The van der Waals surface area contributed by atoms with Crippen LogP contribution in [0.1, 0.15) is 111 Å². The summed E-state index contributed by atoms with van der Waals surface area (Å²) in [7, 11) is 0. The molecule has 0 saturated carbocycles. The number of phenols is 1. The van der Waals surface area contributed by atoms with Crippen LogP contribution < -0.4 is 76.1 Å². The Morgan fingerprint density at radius 2 is 0.988 bits per heavy atom. The first kappa shape index (κ1) is 69.9. The Morgan fingerprint density at radius 1 is 0.542 bits per heavy atom. The second-order valence-electron chi connectivity index (χ2n) is 20.5. The van der Waals surface area contributed by atoms with Crippen LogP contribution in [-0.4, -0.2) is 159 Å². The van der Waals surface area contributed by atoms with Crippen molar-refractivity contribution in [1.29, 1.82) is 5.41 Å². The molecule has 21 N–H and O–H groups in total. The molecule has 0 aliphatic carbocycles. The number of carbonyl (C=O) groups excluding carboxylic acids is 13. The zero-order chi connectivity index (χ0) is 62.5. The van der Waals surface area contributed by atoms with Crippen molar-refractivity contribution in [1.82, 2.24) is 63.1 Å². The second-order valence-corrected chi connectivity index (χ2v) is 20.5. The molecular formula is C52H81N17O14. The van der Waals surface area contributed by atoms with Crippen molar-refractivity contribution in [3.63, 3.8) is 0 Å². The van der Waals surface area contributed by atoms with E-state index in [2.05, 4.69) is 63.1 Å². The quantitative estimate of drug-likeness (QED) is 0.0171. The molecule has 0 spiro atoms. The molecule has 83 heavy (non-hydrogen) atoms. The Labute approximate surface area is 479 Å². The summed E-state index contributed by atoms with van der Waals surface area (Å²) in [4.78, 5) is 178. The van der Waals surface area contributed by atoms with Crippen LogP contribution in [0.5, 0.6) is 5.75 Å². The minimum Gasteiger partial charge on any atom is -0.508 e. The van der Waals surface area contributed by atoms with Gasteiger partial charge >= 0.3 is 0 Å². The number of carbonyl (C=O) groups is 13. The first-order chi connectivity index (χ1) is 38.9. The minimum absolute atomic E-state index is 0.0522. The number of nitrogens with two attached hydrogens (primary N) is 4. The lowest BCUT2D eigenvalue weighted by atomic mass is 10.0. The summed E-state index contributed by atoms with van der Waals surface area (Å²) in [5, 5.41) is 42.3. The summed E-state index contributed by atoms with van der Waals surface area (Å²) >= 11 is 0. The molecule has 31 heteroatoms. The smallest absolute Gasteiger partial charge is 0.243 e. The molecule has 12 amide bonds. The van der Waals surface area contributed by atoms with E-state index >= 15 is 0 Å². The van der Waals surface area contributed by atoms with Crippen LogP contribution in [0.3, 0.4) is 0 Å². The third-order valence-corrected chi connectivity index (χ3v) is 12.4. The van der Waals surface area contributed by atoms with Gasteiger partial charge in [-0.1, -0.05) is 39.8 Å². The number of benzene rings is 1. The van der Waals surface area contributed by atoms with Crippen LogP contribution in [0, 0.1) is 17.2 Å². The van der Waals surface area contributed by atoms with Gasteiger partial charge in [-0.25, -0.2) is 4.98 Å². The molecule has 0 bridgehead atoms. The fourth-order valence-electron chi connectivity index (χ4n) is 7.80. The number of aromatic hydroxyl groups is 1. The van der Waals surface area contributed by atoms with Gasteiger partial charge in [0.2, 0.25) is 70.9 Å². The van der Waals surface area contributed by atoms with Crippen molar-refractivity contribution >= 4 is 82.6 Å². The van der Waals surface area contributed by atoms with Crippen molar-refractivity contribution < 1.29 is 67.4 Å². The van der Waals surface area contributed by atoms with Crippen molar-refractivity contribution in [3.8, 4) is 5.75 Å². The number of nitrogens with one attached hydrogen (secondary N) is 12. The predicted octanol–water partition coefficient (Wildman–Crippen LogP) is -4.73. The fraction of sp³-hybridized carbons (Fsp3) is 0.558. The lowest BCUT2D eigenvalue weighted by Crippen LogP contribution is -2.60. The number of guanidine groups is 1. The average molecular weight is 1170 g/mol. The van der Waals surface area contributed by atoms with E-state index in [1.165, 1.54) is 50.6 Å². The zero-order valence-electron chi connectivity index (χ0n) is 47.4. The van der Waals surface area contributed by atoms with E-state index < -0.39 is 157 Å². The van der Waals surface area contributed by atoms with Gasteiger partial charge in [0.05, 0.1) is 24.6 Å². The largest absolute Gasteiger partial charge is 0.508 e. The van der Waals surface area contributed by atoms with E-state index in [9.17, 15) is 67.4 Å². The van der Waals surface area contributed by atoms with Crippen LogP contribution in [0.2, 0.25) is 0 Å². The summed E-state index contributed by atoms with van der Waals surface area (Å²) < 4.78 is 0. The third kappa shape index (κ3) is 27.7. The SMILES string of the molecule is CC(=O)[C@H](CC(C)C)NC(=O)[C@H](C)NC(=O)[C@H](CCCNC(=N)N)NC(=O)CNC(=O)[C@H](Cc1c[nH]cn1)NC(=O)[C@H](CCC(N)=O)NC(=O)[C@H](CCC(N)=O)NC(=O)[C@H](Cc1ccc(O)cc1)NC(=O)[C@H](CCC(N)=O)NC(=O)C(C)C. The number of imidazole rings is 1. The molecular weight excluding hydrogens is 1090 g/mol. The first-order valence-corrected chi connectivity index (χ1v) is 26.8. The van der Waals surface area contributed by atoms with E-state index in [1.807, 2.05) is 13.8 Å². The summed E-state index contributed by atoms with van der Waals surface area (Å²) in [5.74, 6) is -12.0. The van der Waals surface area contributed by atoms with Gasteiger partial charge in [0, 0.05) is 50.8 Å². The van der Waals surface area contributed by atoms with Crippen LogP contribution in [0.15, 0.2) is 36.8 Å². The van der Waals surface area contributed by atoms with E-state index in [4.69, 9.17) is 28.3 Å². The van der Waals surface area contributed by atoms with Gasteiger partial charge in [-0.05, 0) is 76.0 Å². The van der Waals surface area contributed by atoms with Gasteiger partial charge in [0.25, 0.3) is 0 Å². The molecule has 31 nitrogen and oxygen atoms in total. The Bertz CT molecular complexity index is 2600. The number of H-pyrrole nitrogens is 1. The predicted molar refractivity (Wildman–Crippen MR) is 298 cm³/mol. The molecule has 0 fully saturated rings. The highest BCUT2D eigenvalue weighted by atomic mass is 16.3. The molecule has 8 atom stereocenters. The molecule has 0 unspecified atom stereocenters. The molecule has 1 heterocycles. The van der Waals surface area contributed by atoms with Crippen LogP contribution in [-0.2, 0) is 75.2 Å². The summed E-state index contributed by atoms with van der Waals surface area (Å²) in [6.45, 7) is 8.87. The third-order valence-electron chi connectivity index (χ3n) is 12.4. The van der Waals surface area contributed by atoms with Crippen molar-refractivity contribution in [2.24, 2.45) is 34.8 Å². The van der Waals surface area contributed by atoms with Crippen molar-refractivity contribution in [3.05, 3.63) is 48.0 Å². The van der Waals surface area contributed by atoms with Gasteiger partial charge in [-0.3, -0.25) is 67.7 Å². The second kappa shape index (κ2) is 35.5. The number of amides is 12. The van der Waals surface area contributed by atoms with Gasteiger partial charge in [0.15, 0.2) is 11.7 Å². The highest BCUT2D eigenvalue weighted by Gasteiger charge is 2.34. The lowest BCUT2D eigenvalue weighted by Gasteiger charge is -2.27. The molecule has 0 saturated heterocycles. The number of hydrogen-bond donors (Lipinski definition) is 17. The number of aromatic nitrogens is 2. The highest BCUT2D eigenvalue weighted by Crippen LogP contribution is 2.14. The van der Waals surface area contributed by atoms with Gasteiger partial charge in [-0.15, -0.1) is 0 Å². The van der Waals surface area contributed by atoms with Crippen LogP contribution in [0.25, 0.3) is 0 Å². The molecule has 1 aromatic carbocycles. The van der Waals surface area contributed by atoms with Gasteiger partial charge in [-0.2, -0.15) is 0 Å². The summed E-state index contributed by atoms with van der Waals surface area (Å²) in [5.41, 5.74) is 22.2. The van der Waals surface area contributed by atoms with E-state index in [0.29, 0.717) is 12.0 Å². The van der Waals surface area contributed by atoms with Crippen LogP contribution >= 0.6 is 0 Å². The average Bonchev–Trinajstić information content (AvgIpc) is 3.93. The Balaban J connectivity index is 2.43. The Morgan fingerprint density at radius 3 is 1.43 bits per heavy atom. The topological polar surface area (TPSA) is 519 Å². The number of aromatic amines is 1. The Kier molecular flexibility index (Phi) is 29.9.